The summed E-state index contributed by atoms with van der Waals surface area (Å²) in [6, 6.07) is 12.4. The maximum Gasteiger partial charge on any atom is 0.313 e. The third kappa shape index (κ3) is 4.73. The number of halogens is 1. The second-order valence-corrected chi connectivity index (χ2v) is 5.53. The molecule has 2 rings (SSSR count). The van der Waals surface area contributed by atoms with Gasteiger partial charge in [0, 0.05) is 17.3 Å². The molecule has 24 heavy (non-hydrogen) atoms. The molecule has 0 aliphatic rings. The van der Waals surface area contributed by atoms with E-state index in [-0.39, 0.29) is 6.54 Å². The predicted octanol–water partition coefficient (Wildman–Crippen LogP) is 3.30. The molecule has 0 aliphatic heterocycles. The van der Waals surface area contributed by atoms with Gasteiger partial charge in [-0.1, -0.05) is 29.8 Å². The second kappa shape index (κ2) is 8.36. The van der Waals surface area contributed by atoms with E-state index >= 15 is 0 Å². The topological polar surface area (TPSA) is 67.4 Å². The first-order chi connectivity index (χ1) is 11.5. The van der Waals surface area contributed by atoms with Gasteiger partial charge in [-0.2, -0.15) is 0 Å². The zero-order valence-corrected chi connectivity index (χ0v) is 14.3. The van der Waals surface area contributed by atoms with Crippen LogP contribution >= 0.6 is 11.6 Å². The first-order valence-corrected chi connectivity index (χ1v) is 7.95. The average molecular weight is 347 g/mol. The molecule has 0 bridgehead atoms. The number of anilines is 1. The summed E-state index contributed by atoms with van der Waals surface area (Å²) in [7, 11) is 0. The summed E-state index contributed by atoms with van der Waals surface area (Å²) >= 11 is 5.99. The molecule has 6 heteroatoms. The van der Waals surface area contributed by atoms with E-state index in [9.17, 15) is 9.59 Å². The molecule has 2 amide bonds. The van der Waals surface area contributed by atoms with E-state index < -0.39 is 11.8 Å². The van der Waals surface area contributed by atoms with Crippen LogP contribution in [0.3, 0.4) is 0 Å². The summed E-state index contributed by atoms with van der Waals surface area (Å²) in [5.74, 6) is -0.670. The Labute approximate surface area is 146 Å². The molecule has 0 fully saturated rings. The minimum atomic E-state index is -0.730. The molecular weight excluding hydrogens is 328 g/mol. The quantitative estimate of drug-likeness (QED) is 0.816. The van der Waals surface area contributed by atoms with Crippen molar-refractivity contribution in [1.29, 1.82) is 0 Å². The lowest BCUT2D eigenvalue weighted by Gasteiger charge is -2.10. The van der Waals surface area contributed by atoms with Crippen molar-refractivity contribution in [2.75, 3.05) is 11.9 Å². The number of hydrogen-bond donors (Lipinski definition) is 2. The Kier molecular flexibility index (Phi) is 6.21. The van der Waals surface area contributed by atoms with Crippen molar-refractivity contribution in [3.63, 3.8) is 0 Å². The van der Waals surface area contributed by atoms with Crippen LogP contribution in [0.15, 0.2) is 42.5 Å². The van der Waals surface area contributed by atoms with Gasteiger partial charge < -0.3 is 15.4 Å². The van der Waals surface area contributed by atoms with Crippen LogP contribution in [0.4, 0.5) is 5.69 Å². The van der Waals surface area contributed by atoms with E-state index in [1.54, 1.807) is 25.1 Å². The summed E-state index contributed by atoms with van der Waals surface area (Å²) in [6.07, 6.45) is 0. The maximum absolute atomic E-state index is 12.0. The molecule has 0 aromatic heterocycles. The van der Waals surface area contributed by atoms with E-state index in [4.69, 9.17) is 16.3 Å². The Morgan fingerprint density at radius 1 is 1.08 bits per heavy atom. The van der Waals surface area contributed by atoms with Gasteiger partial charge in [-0.15, -0.1) is 0 Å². The van der Waals surface area contributed by atoms with Crippen LogP contribution in [0.1, 0.15) is 18.1 Å². The fourth-order valence-electron chi connectivity index (χ4n) is 2.05. The number of rotatable bonds is 5. The molecule has 0 saturated carbocycles. The molecule has 2 aromatic rings. The summed E-state index contributed by atoms with van der Waals surface area (Å²) < 4.78 is 5.35. The van der Waals surface area contributed by atoms with Gasteiger partial charge >= 0.3 is 11.8 Å². The summed E-state index contributed by atoms with van der Waals surface area (Å²) in [5.41, 5.74) is 2.11. The van der Waals surface area contributed by atoms with Gasteiger partial charge in [0.2, 0.25) is 0 Å². The lowest BCUT2D eigenvalue weighted by Crippen LogP contribution is -2.35. The molecule has 0 saturated heterocycles. The number of hydrogen-bond acceptors (Lipinski definition) is 3. The first-order valence-electron chi connectivity index (χ1n) is 7.57. The van der Waals surface area contributed by atoms with E-state index in [1.807, 2.05) is 31.2 Å². The van der Waals surface area contributed by atoms with E-state index in [1.165, 1.54) is 0 Å². The largest absolute Gasteiger partial charge is 0.494 e. The molecule has 0 spiro atoms. The fraction of sp³-hybridized carbons (Fsp3) is 0.222. The van der Waals surface area contributed by atoms with E-state index in [2.05, 4.69) is 10.6 Å². The molecule has 2 N–H and O–H groups in total. The molecule has 0 aliphatic carbocycles. The molecule has 0 heterocycles. The van der Waals surface area contributed by atoms with Crippen LogP contribution in [0.5, 0.6) is 5.75 Å². The zero-order chi connectivity index (χ0) is 17.5. The summed E-state index contributed by atoms with van der Waals surface area (Å²) in [4.78, 5) is 23.9. The number of carbonyl (C=O) groups is 2. The molecular formula is C18H19ClN2O3. The lowest BCUT2D eigenvalue weighted by molar-refractivity contribution is -0.136. The van der Waals surface area contributed by atoms with Crippen molar-refractivity contribution >= 4 is 29.1 Å². The van der Waals surface area contributed by atoms with Gasteiger partial charge in [0.1, 0.15) is 5.75 Å². The van der Waals surface area contributed by atoms with Crippen molar-refractivity contribution in [3.8, 4) is 5.75 Å². The number of benzene rings is 2. The maximum atomic E-state index is 12.0. The highest BCUT2D eigenvalue weighted by Crippen LogP contribution is 2.22. The fourth-order valence-corrected chi connectivity index (χ4v) is 2.23. The third-order valence-electron chi connectivity index (χ3n) is 3.41. The smallest absolute Gasteiger partial charge is 0.313 e. The third-order valence-corrected chi connectivity index (χ3v) is 3.82. The van der Waals surface area contributed by atoms with Crippen LogP contribution in [0.2, 0.25) is 5.02 Å². The van der Waals surface area contributed by atoms with E-state index in [0.717, 1.165) is 11.3 Å². The SMILES string of the molecule is CCOc1ccc(CNC(=O)C(=O)Nc2cccc(Cl)c2C)cc1. The van der Waals surface area contributed by atoms with Crippen LogP contribution in [-0.4, -0.2) is 18.4 Å². The van der Waals surface area contributed by atoms with Crippen molar-refractivity contribution < 1.29 is 14.3 Å². The minimum Gasteiger partial charge on any atom is -0.494 e. The second-order valence-electron chi connectivity index (χ2n) is 5.13. The number of nitrogens with one attached hydrogen (secondary N) is 2. The minimum absolute atomic E-state index is 0.257. The molecule has 0 atom stereocenters. The monoisotopic (exact) mass is 346 g/mol. The molecule has 5 nitrogen and oxygen atoms in total. The standard InChI is InChI=1S/C18H19ClN2O3/c1-3-24-14-9-7-13(8-10-14)11-20-17(22)18(23)21-16-6-4-5-15(19)12(16)2/h4-10H,3,11H2,1-2H3,(H,20,22)(H,21,23). The average Bonchev–Trinajstić information content (AvgIpc) is 2.58. The van der Waals surface area contributed by atoms with Gasteiger partial charge in [-0.05, 0) is 49.2 Å². The predicted molar refractivity (Wildman–Crippen MR) is 94.3 cm³/mol. The highest BCUT2D eigenvalue weighted by molar-refractivity contribution is 6.40. The Balaban J connectivity index is 1.89. The van der Waals surface area contributed by atoms with Gasteiger partial charge in [0.15, 0.2) is 0 Å². The van der Waals surface area contributed by atoms with Crippen LogP contribution < -0.4 is 15.4 Å². The summed E-state index contributed by atoms with van der Waals surface area (Å²) in [6.45, 7) is 4.54. The van der Waals surface area contributed by atoms with Crippen molar-refractivity contribution in [3.05, 3.63) is 58.6 Å². The first kappa shape index (κ1) is 17.8. The van der Waals surface area contributed by atoms with Crippen LogP contribution in [0, 0.1) is 6.92 Å². The number of ether oxygens (including phenoxy) is 1. The zero-order valence-electron chi connectivity index (χ0n) is 13.6. The van der Waals surface area contributed by atoms with Crippen LogP contribution in [0.25, 0.3) is 0 Å². The van der Waals surface area contributed by atoms with Crippen molar-refractivity contribution in [2.24, 2.45) is 0 Å². The van der Waals surface area contributed by atoms with Gasteiger partial charge in [0.05, 0.1) is 6.61 Å². The lowest BCUT2D eigenvalue weighted by atomic mass is 10.2. The van der Waals surface area contributed by atoms with Crippen molar-refractivity contribution in [2.45, 2.75) is 20.4 Å². The van der Waals surface area contributed by atoms with Crippen molar-refractivity contribution in [1.82, 2.24) is 5.32 Å². The molecule has 2 aromatic carbocycles. The Hall–Kier alpha value is -2.53. The highest BCUT2D eigenvalue weighted by Gasteiger charge is 2.15. The number of amides is 2. The van der Waals surface area contributed by atoms with E-state index in [0.29, 0.717) is 22.9 Å². The molecule has 0 radical (unpaired) electrons. The normalized spacial score (nSPS) is 10.1. The van der Waals surface area contributed by atoms with Gasteiger partial charge in [0.25, 0.3) is 0 Å². The van der Waals surface area contributed by atoms with Crippen LogP contribution in [-0.2, 0) is 16.1 Å². The molecule has 126 valence electrons. The Bertz CT molecular complexity index is 730. The molecule has 0 unspecified atom stereocenters. The Morgan fingerprint density at radius 2 is 1.79 bits per heavy atom. The Morgan fingerprint density at radius 3 is 2.46 bits per heavy atom. The number of carbonyl (C=O) groups excluding carboxylic acids is 2. The van der Waals surface area contributed by atoms with Gasteiger partial charge in [-0.3, -0.25) is 9.59 Å². The highest BCUT2D eigenvalue weighted by atomic mass is 35.5. The summed E-state index contributed by atoms with van der Waals surface area (Å²) in [5, 5.41) is 5.67. The van der Waals surface area contributed by atoms with Gasteiger partial charge in [-0.25, -0.2) is 0 Å².